The number of hydrogen-bond acceptors (Lipinski definition) is 4. The van der Waals surface area contributed by atoms with Crippen LogP contribution in [0, 0.1) is 18.6 Å². The average Bonchev–Trinajstić information content (AvgIpc) is 3.13. The lowest BCUT2D eigenvalue weighted by Crippen LogP contribution is -2.08. The van der Waals surface area contributed by atoms with E-state index in [0.29, 0.717) is 12.8 Å². The number of aryl methyl sites for hydroxylation is 1. The first-order valence-corrected chi connectivity index (χ1v) is 8.46. The summed E-state index contributed by atoms with van der Waals surface area (Å²) in [4.78, 5) is 0. The van der Waals surface area contributed by atoms with Crippen molar-refractivity contribution in [2.45, 2.75) is 31.0 Å². The molecule has 5 nitrogen and oxygen atoms in total. The van der Waals surface area contributed by atoms with E-state index in [1.165, 1.54) is 17.6 Å². The normalized spacial score (nSPS) is 15.4. The van der Waals surface area contributed by atoms with Gasteiger partial charge in [-0.15, -0.1) is 10.2 Å². The Bertz CT molecular complexity index is 831. The Hall–Kier alpha value is -1.54. The SMILES string of the molecule is Cc1ccc(F)c(-c2nnc(S(=O)(=O)Cl)n2C2CC2)c1F. The van der Waals surface area contributed by atoms with Crippen molar-refractivity contribution in [1.82, 2.24) is 14.8 Å². The van der Waals surface area contributed by atoms with Gasteiger partial charge in [-0.3, -0.25) is 4.57 Å². The Kier molecular flexibility index (Phi) is 3.25. The van der Waals surface area contributed by atoms with Crippen LogP contribution in [0.1, 0.15) is 24.4 Å². The summed E-state index contributed by atoms with van der Waals surface area (Å²) >= 11 is 0. The van der Waals surface area contributed by atoms with Gasteiger partial charge in [0, 0.05) is 16.7 Å². The molecule has 9 heteroatoms. The number of hydrogen-bond donors (Lipinski definition) is 0. The van der Waals surface area contributed by atoms with Gasteiger partial charge < -0.3 is 0 Å². The van der Waals surface area contributed by atoms with Crippen LogP contribution in [0.3, 0.4) is 0 Å². The van der Waals surface area contributed by atoms with Crippen molar-refractivity contribution in [1.29, 1.82) is 0 Å². The van der Waals surface area contributed by atoms with Gasteiger partial charge >= 0.3 is 0 Å². The highest BCUT2D eigenvalue weighted by molar-refractivity contribution is 8.13. The van der Waals surface area contributed by atoms with E-state index < -0.39 is 25.8 Å². The Morgan fingerprint density at radius 3 is 2.52 bits per heavy atom. The highest BCUT2D eigenvalue weighted by atomic mass is 35.7. The summed E-state index contributed by atoms with van der Waals surface area (Å²) < 4.78 is 52.4. The summed E-state index contributed by atoms with van der Waals surface area (Å²) in [5.74, 6) is -1.77. The molecule has 0 N–H and O–H groups in total. The first-order chi connectivity index (χ1) is 9.80. The van der Waals surface area contributed by atoms with Gasteiger partial charge in [0.2, 0.25) is 0 Å². The molecule has 1 heterocycles. The third-order valence-electron chi connectivity index (χ3n) is 3.30. The summed E-state index contributed by atoms with van der Waals surface area (Å²) in [6.07, 6.45) is 1.36. The molecule has 0 aliphatic heterocycles. The van der Waals surface area contributed by atoms with Crippen LogP contribution in [0.4, 0.5) is 8.78 Å². The van der Waals surface area contributed by atoms with Gasteiger partial charge in [0.05, 0.1) is 5.56 Å². The van der Waals surface area contributed by atoms with Crippen molar-refractivity contribution >= 4 is 19.7 Å². The standard InChI is InChI=1S/C12H10ClF2N3O2S/c1-6-2-5-8(14)9(10(6)15)11-16-17-12(21(13,19)20)18(11)7-3-4-7/h2,5,7H,3-4H2,1H3. The van der Waals surface area contributed by atoms with E-state index >= 15 is 0 Å². The van der Waals surface area contributed by atoms with E-state index in [1.54, 1.807) is 0 Å². The lowest BCUT2D eigenvalue weighted by Gasteiger charge is -2.10. The quantitative estimate of drug-likeness (QED) is 0.810. The van der Waals surface area contributed by atoms with E-state index in [0.717, 1.165) is 6.07 Å². The van der Waals surface area contributed by atoms with Gasteiger partial charge in [0.25, 0.3) is 14.2 Å². The van der Waals surface area contributed by atoms with E-state index in [4.69, 9.17) is 10.7 Å². The fourth-order valence-electron chi connectivity index (χ4n) is 2.14. The summed E-state index contributed by atoms with van der Waals surface area (Å²) in [6, 6.07) is 2.19. The molecular weight excluding hydrogens is 324 g/mol. The minimum atomic E-state index is -4.14. The molecule has 21 heavy (non-hydrogen) atoms. The molecule has 1 aliphatic rings. The Labute approximate surface area is 124 Å². The number of nitrogens with zero attached hydrogens (tertiary/aromatic N) is 3. The molecule has 0 saturated heterocycles. The molecule has 0 unspecified atom stereocenters. The maximum atomic E-state index is 14.2. The molecule has 1 aliphatic carbocycles. The molecule has 1 fully saturated rings. The Balaban J connectivity index is 2.30. The summed E-state index contributed by atoms with van der Waals surface area (Å²) in [7, 11) is 1.16. The van der Waals surface area contributed by atoms with Crippen LogP contribution in [-0.4, -0.2) is 23.2 Å². The van der Waals surface area contributed by atoms with Crippen molar-refractivity contribution in [2.75, 3.05) is 0 Å². The molecule has 1 saturated carbocycles. The summed E-state index contributed by atoms with van der Waals surface area (Å²) in [6.45, 7) is 1.48. The molecule has 0 radical (unpaired) electrons. The smallest absolute Gasteiger partial charge is 0.294 e. The predicted molar refractivity (Wildman–Crippen MR) is 71.4 cm³/mol. The fourth-order valence-corrected chi connectivity index (χ4v) is 3.06. The van der Waals surface area contributed by atoms with Gasteiger partial charge in [0.1, 0.15) is 11.6 Å². The molecule has 0 atom stereocenters. The molecule has 1 aromatic carbocycles. The lowest BCUT2D eigenvalue weighted by molar-refractivity contribution is 0.566. The second kappa shape index (κ2) is 4.74. The third kappa shape index (κ3) is 2.42. The highest BCUT2D eigenvalue weighted by Gasteiger charge is 2.35. The van der Waals surface area contributed by atoms with E-state index in [2.05, 4.69) is 10.2 Å². The van der Waals surface area contributed by atoms with Crippen molar-refractivity contribution in [3.8, 4) is 11.4 Å². The second-order valence-electron chi connectivity index (χ2n) is 4.90. The number of benzene rings is 1. The van der Waals surface area contributed by atoms with Gasteiger partial charge in [-0.25, -0.2) is 17.2 Å². The zero-order valence-corrected chi connectivity index (χ0v) is 12.4. The Morgan fingerprint density at radius 2 is 1.95 bits per heavy atom. The molecule has 1 aromatic heterocycles. The second-order valence-corrected chi connectivity index (χ2v) is 7.36. The average molecular weight is 334 g/mol. The fraction of sp³-hybridized carbons (Fsp3) is 0.333. The molecule has 0 amide bonds. The molecule has 2 aromatic rings. The van der Waals surface area contributed by atoms with Crippen molar-refractivity contribution in [2.24, 2.45) is 0 Å². The van der Waals surface area contributed by atoms with Gasteiger partial charge in [-0.2, -0.15) is 0 Å². The topological polar surface area (TPSA) is 64.8 Å². The molecule has 0 bridgehead atoms. The van der Waals surface area contributed by atoms with Crippen LogP contribution < -0.4 is 0 Å². The molecule has 0 spiro atoms. The molecule has 3 rings (SSSR count). The van der Waals surface area contributed by atoms with Gasteiger partial charge in [-0.05, 0) is 31.4 Å². The first kappa shape index (κ1) is 14.4. The predicted octanol–water partition coefficient (Wildman–Crippen LogP) is 2.79. The van der Waals surface area contributed by atoms with Crippen LogP contribution >= 0.6 is 10.7 Å². The van der Waals surface area contributed by atoms with Gasteiger partial charge in [-0.1, -0.05) is 6.07 Å². The zero-order valence-electron chi connectivity index (χ0n) is 10.8. The van der Waals surface area contributed by atoms with E-state index in [1.807, 2.05) is 0 Å². The summed E-state index contributed by atoms with van der Waals surface area (Å²) in [5.41, 5.74) is -0.159. The number of rotatable bonds is 3. The maximum Gasteiger partial charge on any atom is 0.296 e. The van der Waals surface area contributed by atoms with Crippen LogP contribution in [0.5, 0.6) is 0 Å². The first-order valence-electron chi connectivity index (χ1n) is 6.15. The number of halogens is 3. The molecular formula is C12H10ClF2N3O2S. The van der Waals surface area contributed by atoms with Crippen molar-refractivity contribution < 1.29 is 17.2 Å². The minimum absolute atomic E-state index is 0.157. The van der Waals surface area contributed by atoms with E-state index in [-0.39, 0.29) is 23.0 Å². The molecule has 112 valence electrons. The monoisotopic (exact) mass is 333 g/mol. The largest absolute Gasteiger partial charge is 0.296 e. The van der Waals surface area contributed by atoms with E-state index in [9.17, 15) is 17.2 Å². The van der Waals surface area contributed by atoms with Crippen LogP contribution in [-0.2, 0) is 9.05 Å². The van der Waals surface area contributed by atoms with Crippen LogP contribution in [0.2, 0.25) is 0 Å². The van der Waals surface area contributed by atoms with Crippen molar-refractivity contribution in [3.63, 3.8) is 0 Å². The van der Waals surface area contributed by atoms with Gasteiger partial charge in [0.15, 0.2) is 5.82 Å². The maximum absolute atomic E-state index is 14.2. The third-order valence-corrected chi connectivity index (χ3v) is 4.43. The Morgan fingerprint density at radius 1 is 1.29 bits per heavy atom. The van der Waals surface area contributed by atoms with Crippen molar-refractivity contribution in [3.05, 3.63) is 29.3 Å². The zero-order chi connectivity index (χ0) is 15.4. The summed E-state index contributed by atoms with van der Waals surface area (Å²) in [5, 5.41) is 6.66. The number of aromatic nitrogens is 3. The minimum Gasteiger partial charge on any atom is -0.294 e. The van der Waals surface area contributed by atoms with Crippen LogP contribution in [0.25, 0.3) is 11.4 Å². The highest BCUT2D eigenvalue weighted by Crippen LogP contribution is 2.41. The van der Waals surface area contributed by atoms with Crippen LogP contribution in [0.15, 0.2) is 17.3 Å². The lowest BCUT2D eigenvalue weighted by atomic mass is 10.1.